The van der Waals surface area contributed by atoms with Gasteiger partial charge < -0.3 is 9.47 Å². The van der Waals surface area contributed by atoms with Crippen LogP contribution in [0.3, 0.4) is 0 Å². The van der Waals surface area contributed by atoms with Gasteiger partial charge >= 0.3 is 0 Å². The Kier molecular flexibility index (Phi) is 5.07. The minimum atomic E-state index is 0.0283. The Labute approximate surface area is 150 Å². The maximum atomic E-state index is 6.35. The molecular weight excluding hydrogens is 342 g/mol. The molecule has 3 aromatic rings. The van der Waals surface area contributed by atoms with E-state index >= 15 is 0 Å². The third kappa shape index (κ3) is 3.71. The largest absolute Gasteiger partial charge is 0.493 e. The van der Waals surface area contributed by atoms with Crippen molar-refractivity contribution in [1.82, 2.24) is 4.98 Å². The van der Waals surface area contributed by atoms with Gasteiger partial charge in [-0.2, -0.15) is 0 Å². The topological polar surface area (TPSA) is 31.4 Å². The van der Waals surface area contributed by atoms with Gasteiger partial charge in [-0.1, -0.05) is 29.8 Å². The lowest BCUT2D eigenvalue weighted by atomic mass is 10.2. The summed E-state index contributed by atoms with van der Waals surface area (Å²) in [6.45, 7) is 3.91. The molecule has 3 nitrogen and oxygen atoms in total. The van der Waals surface area contributed by atoms with Crippen LogP contribution in [-0.2, 0) is 0 Å². The zero-order valence-electron chi connectivity index (χ0n) is 13.7. The number of fused-ring (bicyclic) bond motifs is 1. The molecule has 1 heterocycles. The molecular formula is C19H18ClNO2S. The number of nitrogens with zero attached hydrogens (tertiary/aromatic N) is 1. The zero-order valence-corrected chi connectivity index (χ0v) is 15.3. The number of benzene rings is 2. The third-order valence-corrected chi connectivity index (χ3v) is 4.62. The monoisotopic (exact) mass is 359 g/mol. The van der Waals surface area contributed by atoms with Gasteiger partial charge in [-0.3, -0.25) is 0 Å². The Morgan fingerprint density at radius 1 is 1.17 bits per heavy atom. The standard InChI is InChI=1S/C19H18ClNO2S/c1-12(2)23-19-14(20)10-13(11-16(19)22-3)8-9-18-21-15-6-4-5-7-17(15)24-18/h4-12H,1-3H3/b9-8+. The van der Waals surface area contributed by atoms with Crippen molar-refractivity contribution in [3.8, 4) is 11.5 Å². The molecule has 0 aliphatic heterocycles. The highest BCUT2D eigenvalue weighted by atomic mass is 35.5. The molecule has 24 heavy (non-hydrogen) atoms. The molecule has 3 rings (SSSR count). The molecule has 0 saturated heterocycles. The molecule has 0 aliphatic carbocycles. The fourth-order valence-electron chi connectivity index (χ4n) is 2.31. The van der Waals surface area contributed by atoms with Gasteiger partial charge in [0.1, 0.15) is 5.01 Å². The van der Waals surface area contributed by atoms with Gasteiger partial charge in [-0.05, 0) is 49.8 Å². The number of ether oxygens (including phenoxy) is 2. The van der Waals surface area contributed by atoms with Crippen molar-refractivity contribution >= 4 is 45.3 Å². The number of hydrogen-bond acceptors (Lipinski definition) is 4. The first-order valence-electron chi connectivity index (χ1n) is 7.64. The van der Waals surface area contributed by atoms with Gasteiger partial charge in [0.25, 0.3) is 0 Å². The number of methoxy groups -OCH3 is 1. The van der Waals surface area contributed by atoms with Crippen molar-refractivity contribution in [3.63, 3.8) is 0 Å². The van der Waals surface area contributed by atoms with Crippen LogP contribution in [0, 0.1) is 0 Å². The second kappa shape index (κ2) is 7.24. The van der Waals surface area contributed by atoms with Crippen molar-refractivity contribution in [2.45, 2.75) is 20.0 Å². The van der Waals surface area contributed by atoms with Crippen LogP contribution in [0.5, 0.6) is 11.5 Å². The number of thiazole rings is 1. The van der Waals surface area contributed by atoms with Gasteiger partial charge in [-0.25, -0.2) is 4.98 Å². The fraction of sp³-hybridized carbons (Fsp3) is 0.211. The average Bonchev–Trinajstić information content (AvgIpc) is 2.97. The highest BCUT2D eigenvalue weighted by Crippen LogP contribution is 2.37. The maximum absolute atomic E-state index is 6.35. The summed E-state index contributed by atoms with van der Waals surface area (Å²) < 4.78 is 12.3. The number of aromatic nitrogens is 1. The lowest BCUT2D eigenvalue weighted by Crippen LogP contribution is -2.07. The van der Waals surface area contributed by atoms with Crippen LogP contribution in [0.4, 0.5) is 0 Å². The molecule has 0 amide bonds. The highest BCUT2D eigenvalue weighted by Gasteiger charge is 2.12. The van der Waals surface area contributed by atoms with Gasteiger partial charge in [0.05, 0.1) is 28.5 Å². The molecule has 0 fully saturated rings. The first kappa shape index (κ1) is 16.8. The molecule has 0 radical (unpaired) electrons. The van der Waals surface area contributed by atoms with Gasteiger partial charge in [0, 0.05) is 0 Å². The maximum Gasteiger partial charge on any atom is 0.180 e. The molecule has 0 unspecified atom stereocenters. The first-order valence-corrected chi connectivity index (χ1v) is 8.84. The summed E-state index contributed by atoms with van der Waals surface area (Å²) in [7, 11) is 1.61. The highest BCUT2D eigenvalue weighted by molar-refractivity contribution is 7.19. The van der Waals surface area contributed by atoms with Crippen molar-refractivity contribution in [2.75, 3.05) is 7.11 Å². The third-order valence-electron chi connectivity index (χ3n) is 3.33. The molecule has 0 N–H and O–H groups in total. The minimum absolute atomic E-state index is 0.0283. The number of rotatable bonds is 5. The lowest BCUT2D eigenvalue weighted by molar-refractivity contribution is 0.230. The molecule has 0 saturated carbocycles. The predicted octanol–water partition coefficient (Wildman–Crippen LogP) is 5.92. The second-order valence-electron chi connectivity index (χ2n) is 5.55. The van der Waals surface area contributed by atoms with Crippen LogP contribution in [-0.4, -0.2) is 18.2 Å². The summed E-state index contributed by atoms with van der Waals surface area (Å²) in [6.07, 6.45) is 3.99. The van der Waals surface area contributed by atoms with E-state index in [1.54, 1.807) is 18.4 Å². The molecule has 5 heteroatoms. The van der Waals surface area contributed by atoms with Crippen LogP contribution >= 0.6 is 22.9 Å². The number of halogens is 1. The second-order valence-corrected chi connectivity index (χ2v) is 7.02. The van der Waals surface area contributed by atoms with Crippen LogP contribution in [0.25, 0.3) is 22.4 Å². The zero-order chi connectivity index (χ0) is 17.1. The minimum Gasteiger partial charge on any atom is -0.493 e. The van der Waals surface area contributed by atoms with E-state index < -0.39 is 0 Å². The Hall–Kier alpha value is -2.04. The summed E-state index contributed by atoms with van der Waals surface area (Å²) in [5.41, 5.74) is 1.95. The average molecular weight is 360 g/mol. The van der Waals surface area contributed by atoms with Crippen molar-refractivity contribution in [1.29, 1.82) is 0 Å². The SMILES string of the molecule is COc1cc(/C=C/c2nc3ccccc3s2)cc(Cl)c1OC(C)C. The smallest absolute Gasteiger partial charge is 0.180 e. The van der Waals surface area contributed by atoms with Gasteiger partial charge in [0.15, 0.2) is 11.5 Å². The van der Waals surface area contributed by atoms with Crippen molar-refractivity contribution in [2.24, 2.45) is 0 Å². The number of para-hydroxylation sites is 1. The normalized spacial score (nSPS) is 11.5. The Bertz CT molecular complexity index is 853. The quantitative estimate of drug-likeness (QED) is 0.567. The molecule has 124 valence electrons. The van der Waals surface area contributed by atoms with E-state index in [-0.39, 0.29) is 6.10 Å². The van der Waals surface area contributed by atoms with E-state index in [0.29, 0.717) is 16.5 Å². The Morgan fingerprint density at radius 3 is 2.67 bits per heavy atom. The van der Waals surface area contributed by atoms with E-state index in [2.05, 4.69) is 11.1 Å². The molecule has 0 atom stereocenters. The summed E-state index contributed by atoms with van der Waals surface area (Å²) >= 11 is 8.01. The predicted molar refractivity (Wildman–Crippen MR) is 102 cm³/mol. The molecule has 0 spiro atoms. The molecule has 0 bridgehead atoms. The molecule has 0 aliphatic rings. The van der Waals surface area contributed by atoms with Gasteiger partial charge in [-0.15, -0.1) is 11.3 Å². The van der Waals surface area contributed by atoms with E-state index in [1.165, 1.54) is 4.70 Å². The Morgan fingerprint density at radius 2 is 1.96 bits per heavy atom. The summed E-state index contributed by atoms with van der Waals surface area (Å²) in [5, 5.41) is 1.49. The van der Waals surface area contributed by atoms with Crippen LogP contribution in [0.15, 0.2) is 36.4 Å². The molecule has 1 aromatic heterocycles. The van der Waals surface area contributed by atoms with E-state index in [1.807, 2.05) is 56.3 Å². The van der Waals surface area contributed by atoms with Crippen molar-refractivity contribution in [3.05, 3.63) is 52.0 Å². The summed E-state index contributed by atoms with van der Waals surface area (Å²) in [4.78, 5) is 4.59. The van der Waals surface area contributed by atoms with E-state index in [0.717, 1.165) is 16.1 Å². The van der Waals surface area contributed by atoms with E-state index in [9.17, 15) is 0 Å². The van der Waals surface area contributed by atoms with Crippen LogP contribution < -0.4 is 9.47 Å². The van der Waals surface area contributed by atoms with Crippen LogP contribution in [0.1, 0.15) is 24.4 Å². The lowest BCUT2D eigenvalue weighted by Gasteiger charge is -2.15. The summed E-state index contributed by atoms with van der Waals surface area (Å²) in [5.74, 6) is 1.20. The Balaban J connectivity index is 1.90. The molecule has 2 aromatic carbocycles. The first-order chi connectivity index (χ1) is 11.6. The number of hydrogen-bond donors (Lipinski definition) is 0. The van der Waals surface area contributed by atoms with Crippen LogP contribution in [0.2, 0.25) is 5.02 Å². The van der Waals surface area contributed by atoms with Gasteiger partial charge in [0.2, 0.25) is 0 Å². The fourth-order valence-corrected chi connectivity index (χ4v) is 3.45. The van der Waals surface area contributed by atoms with Crippen molar-refractivity contribution < 1.29 is 9.47 Å². The van der Waals surface area contributed by atoms with E-state index in [4.69, 9.17) is 21.1 Å². The summed E-state index contributed by atoms with van der Waals surface area (Å²) in [6, 6.07) is 11.9.